The lowest BCUT2D eigenvalue weighted by molar-refractivity contribution is 0.159. The zero-order chi connectivity index (χ0) is 5.70. The second-order valence-electron chi connectivity index (χ2n) is 0.587. The molecule has 0 rings (SSSR count). The highest BCUT2D eigenvalue weighted by atomic mass is 32.1. The molecule has 0 radical (unpaired) electrons. The minimum atomic E-state index is -0.935. The van der Waals surface area contributed by atoms with Crippen molar-refractivity contribution < 1.29 is 9.63 Å². The number of hydrogen-bond donors (Lipinski definition) is 1. The topological polar surface area (TPSA) is 64.7 Å². The van der Waals surface area contributed by atoms with Crippen LogP contribution in [-0.2, 0) is 4.84 Å². The summed E-state index contributed by atoms with van der Waals surface area (Å²) in [4.78, 5) is 16.1. The van der Waals surface area contributed by atoms with Crippen molar-refractivity contribution in [3.8, 4) is 0 Å². The van der Waals surface area contributed by atoms with Gasteiger partial charge in [-0.15, -0.1) is 4.99 Å². The molecule has 0 aromatic rings. The Morgan fingerprint density at radius 2 is 2.57 bits per heavy atom. The second kappa shape index (κ2) is 3.42. The van der Waals surface area contributed by atoms with Crippen molar-refractivity contribution in [2.75, 3.05) is 0 Å². The summed E-state index contributed by atoms with van der Waals surface area (Å²) in [5, 5.41) is 1.77. The van der Waals surface area contributed by atoms with Gasteiger partial charge in [-0.3, -0.25) is 0 Å². The fourth-order valence-electron chi connectivity index (χ4n) is 0.0636. The summed E-state index contributed by atoms with van der Waals surface area (Å²) < 4.78 is 0. The Labute approximate surface area is 44.9 Å². The van der Waals surface area contributed by atoms with Crippen LogP contribution in [0.2, 0.25) is 0 Å². The summed E-state index contributed by atoms with van der Waals surface area (Å²) in [5.41, 5.74) is 0. The average Bonchev–Trinajstić information content (AvgIpc) is 1.68. The Kier molecular flexibility index (Phi) is 3.04. The predicted molar refractivity (Wildman–Crippen MR) is 25.7 cm³/mol. The van der Waals surface area contributed by atoms with E-state index in [0.717, 1.165) is 0 Å². The molecule has 5 heteroatoms. The number of nitrogens with zero attached hydrogens (tertiary/aromatic N) is 1. The van der Waals surface area contributed by atoms with E-state index in [0.29, 0.717) is 0 Å². The van der Waals surface area contributed by atoms with Crippen LogP contribution >= 0.6 is 12.2 Å². The van der Waals surface area contributed by atoms with Gasteiger partial charge in [0, 0.05) is 0 Å². The van der Waals surface area contributed by atoms with E-state index in [9.17, 15) is 4.79 Å². The maximum absolute atomic E-state index is 9.77. The summed E-state index contributed by atoms with van der Waals surface area (Å²) in [7, 11) is 0. The van der Waals surface area contributed by atoms with Crippen LogP contribution in [0.3, 0.4) is 0 Å². The first kappa shape index (κ1) is 6.23. The van der Waals surface area contributed by atoms with Crippen LogP contribution in [0.1, 0.15) is 0 Å². The third kappa shape index (κ3) is 3.05. The molecule has 2 N–H and O–H groups in total. The van der Waals surface area contributed by atoms with Crippen LogP contribution < -0.4 is 5.90 Å². The molecule has 0 fully saturated rings. The van der Waals surface area contributed by atoms with E-state index in [1.165, 1.54) is 0 Å². The fourth-order valence-corrected chi connectivity index (χ4v) is 0.138. The highest BCUT2D eigenvalue weighted by Crippen LogP contribution is 1.70. The van der Waals surface area contributed by atoms with Crippen LogP contribution in [0.4, 0.5) is 4.79 Å². The Balaban J connectivity index is 3.58. The fraction of sp³-hybridized carbons (Fsp3) is 0. The normalized spacial score (nSPS) is 6.43. The molecule has 1 amide bonds. The van der Waals surface area contributed by atoms with E-state index >= 15 is 0 Å². The Morgan fingerprint density at radius 3 is 2.71 bits per heavy atom. The number of carbonyl (C=O) groups excluding carboxylic acids is 1. The summed E-state index contributed by atoms with van der Waals surface area (Å²) in [6.45, 7) is 0. The van der Waals surface area contributed by atoms with Gasteiger partial charge in [-0.2, -0.15) is 5.90 Å². The minimum Gasteiger partial charge on any atom is -0.355 e. The third-order valence-corrected chi connectivity index (χ3v) is 0.329. The van der Waals surface area contributed by atoms with E-state index in [1.807, 2.05) is 0 Å². The Morgan fingerprint density at radius 1 is 2.00 bits per heavy atom. The van der Waals surface area contributed by atoms with Crippen molar-refractivity contribution in [2.24, 2.45) is 10.9 Å². The van der Waals surface area contributed by atoms with Crippen molar-refractivity contribution in [2.45, 2.75) is 0 Å². The van der Waals surface area contributed by atoms with Gasteiger partial charge in [-0.25, -0.2) is 4.79 Å². The molecule has 0 aliphatic rings. The number of nitrogens with two attached hydrogens (primary N) is 1. The van der Waals surface area contributed by atoms with Crippen molar-refractivity contribution in [3.05, 3.63) is 0 Å². The molecule has 0 bridgehead atoms. The number of carbonyl (C=O) groups is 1. The van der Waals surface area contributed by atoms with Crippen molar-refractivity contribution in [1.29, 1.82) is 0 Å². The van der Waals surface area contributed by atoms with Crippen LogP contribution in [0.15, 0.2) is 4.99 Å². The summed E-state index contributed by atoms with van der Waals surface area (Å²) in [6, 6.07) is 0. The van der Waals surface area contributed by atoms with E-state index in [1.54, 1.807) is 5.16 Å². The zero-order valence-corrected chi connectivity index (χ0v) is 4.07. The van der Waals surface area contributed by atoms with Crippen molar-refractivity contribution >= 4 is 23.5 Å². The molecule has 0 saturated carbocycles. The smallest absolute Gasteiger partial charge is 0.355 e. The van der Waals surface area contributed by atoms with E-state index in [-0.39, 0.29) is 0 Å². The highest BCUT2D eigenvalue weighted by Gasteiger charge is 1.88. The van der Waals surface area contributed by atoms with E-state index < -0.39 is 6.09 Å². The molecular formula is C2H2N2O2S. The van der Waals surface area contributed by atoms with Gasteiger partial charge in [0.05, 0.1) is 5.16 Å². The van der Waals surface area contributed by atoms with Gasteiger partial charge < -0.3 is 4.84 Å². The molecule has 0 saturated heterocycles. The predicted octanol–water partition coefficient (Wildman–Crippen LogP) is 0.0995. The first-order valence-electron chi connectivity index (χ1n) is 1.30. The monoisotopic (exact) mass is 118 g/mol. The highest BCUT2D eigenvalue weighted by molar-refractivity contribution is 7.78. The van der Waals surface area contributed by atoms with Crippen LogP contribution in [0.5, 0.6) is 0 Å². The van der Waals surface area contributed by atoms with Gasteiger partial charge >= 0.3 is 6.09 Å². The van der Waals surface area contributed by atoms with Gasteiger partial charge in [0.1, 0.15) is 0 Å². The number of isothiocyanates is 1. The standard InChI is InChI=1S/C2H2N2O2S/c3-6-2(5)4-1-7/h3H2. The lowest BCUT2D eigenvalue weighted by Gasteiger charge is -1.80. The third-order valence-electron chi connectivity index (χ3n) is 0.238. The van der Waals surface area contributed by atoms with Gasteiger partial charge in [-0.1, -0.05) is 0 Å². The minimum absolute atomic E-state index is 0.935. The summed E-state index contributed by atoms with van der Waals surface area (Å²) >= 11 is 4.02. The first-order chi connectivity index (χ1) is 3.31. The van der Waals surface area contributed by atoms with Crippen molar-refractivity contribution in [3.63, 3.8) is 0 Å². The lowest BCUT2D eigenvalue weighted by Crippen LogP contribution is -2.03. The maximum atomic E-state index is 9.77. The van der Waals surface area contributed by atoms with Crippen molar-refractivity contribution in [1.82, 2.24) is 0 Å². The summed E-state index contributed by atoms with van der Waals surface area (Å²) in [5.74, 6) is 4.33. The molecule has 0 aromatic heterocycles. The molecule has 0 heterocycles. The van der Waals surface area contributed by atoms with E-state index in [4.69, 9.17) is 0 Å². The largest absolute Gasteiger partial charge is 0.461 e. The second-order valence-corrected chi connectivity index (χ2v) is 0.769. The van der Waals surface area contributed by atoms with Crippen LogP contribution in [-0.4, -0.2) is 11.3 Å². The van der Waals surface area contributed by atoms with Gasteiger partial charge in [0.15, 0.2) is 0 Å². The maximum Gasteiger partial charge on any atom is 0.461 e. The lowest BCUT2D eigenvalue weighted by atomic mass is 11.2. The van der Waals surface area contributed by atoms with E-state index in [2.05, 4.69) is 27.9 Å². The molecule has 0 aliphatic heterocycles. The number of aliphatic imine (C=N–C) groups is 1. The number of rotatable bonds is 0. The van der Waals surface area contributed by atoms with Gasteiger partial charge in [-0.05, 0) is 12.2 Å². The van der Waals surface area contributed by atoms with Gasteiger partial charge in [0.2, 0.25) is 0 Å². The number of amides is 1. The Bertz CT molecular complexity index is 117. The number of hydrogen-bond acceptors (Lipinski definition) is 4. The molecule has 0 aliphatic carbocycles. The van der Waals surface area contributed by atoms with Gasteiger partial charge in [0.25, 0.3) is 0 Å². The molecule has 0 unspecified atom stereocenters. The molecule has 7 heavy (non-hydrogen) atoms. The molecule has 0 atom stereocenters. The molecule has 0 aromatic carbocycles. The summed E-state index contributed by atoms with van der Waals surface area (Å²) in [6.07, 6.45) is -0.935. The average molecular weight is 118 g/mol. The first-order valence-corrected chi connectivity index (χ1v) is 1.70. The molecule has 0 spiro atoms. The zero-order valence-electron chi connectivity index (χ0n) is 3.25. The van der Waals surface area contributed by atoms with Crippen LogP contribution in [0, 0.1) is 0 Å². The Hall–Kier alpha value is -0.770. The number of thiocarbonyl (C=S) groups is 1. The van der Waals surface area contributed by atoms with Crippen LogP contribution in [0.25, 0.3) is 0 Å². The SMILES string of the molecule is NOC(=O)N=C=S. The molecule has 4 nitrogen and oxygen atoms in total. The molecular weight excluding hydrogens is 116 g/mol. The molecule has 38 valence electrons. The quantitative estimate of drug-likeness (QED) is 0.278.